The van der Waals surface area contributed by atoms with Gasteiger partial charge in [0.15, 0.2) is 0 Å². The lowest BCUT2D eigenvalue weighted by atomic mass is 10.4. The highest BCUT2D eigenvalue weighted by Crippen LogP contribution is 2.15. The van der Waals surface area contributed by atoms with Crippen molar-refractivity contribution in [3.8, 4) is 0 Å². The van der Waals surface area contributed by atoms with Gasteiger partial charge in [-0.2, -0.15) is 0 Å². The summed E-state index contributed by atoms with van der Waals surface area (Å²) in [5, 5.41) is 6.23. The summed E-state index contributed by atoms with van der Waals surface area (Å²) < 4.78 is 0. The molecule has 0 spiro atoms. The molecule has 0 aromatic heterocycles. The van der Waals surface area contributed by atoms with E-state index >= 15 is 0 Å². The molecule has 0 aliphatic rings. The third-order valence-electron chi connectivity index (χ3n) is 2.20. The molecule has 0 saturated heterocycles. The molecule has 0 radical (unpaired) electrons. The van der Waals surface area contributed by atoms with Gasteiger partial charge in [-0.3, -0.25) is 0 Å². The normalized spacial score (nSPS) is 12.0. The first-order valence-corrected chi connectivity index (χ1v) is 7.90. The maximum absolute atomic E-state index is 6.23. The van der Waals surface area contributed by atoms with E-state index in [2.05, 4.69) is 20.4 Å². The summed E-state index contributed by atoms with van der Waals surface area (Å²) >= 11 is 0. The summed E-state index contributed by atoms with van der Waals surface area (Å²) in [5.41, 5.74) is 0. The molecule has 0 rings (SSSR count). The van der Waals surface area contributed by atoms with Gasteiger partial charge in [0.25, 0.3) is 0 Å². The Balaban J connectivity index is 3.43. The van der Waals surface area contributed by atoms with E-state index in [1.54, 1.807) is 0 Å². The molecular formula is C9H23NSi. The van der Waals surface area contributed by atoms with Crippen molar-refractivity contribution in [2.45, 2.75) is 58.2 Å². The van der Waals surface area contributed by atoms with E-state index in [4.69, 9.17) is 5.40 Å². The SMILES string of the molecule is CCCC[Si](C)(N)CCCC. The van der Waals surface area contributed by atoms with E-state index in [0.29, 0.717) is 0 Å². The fraction of sp³-hybridized carbons (Fsp3) is 1.00. The van der Waals surface area contributed by atoms with E-state index in [9.17, 15) is 0 Å². The summed E-state index contributed by atoms with van der Waals surface area (Å²) in [4.78, 5) is 0. The summed E-state index contributed by atoms with van der Waals surface area (Å²) in [6, 6.07) is 2.65. The van der Waals surface area contributed by atoms with Gasteiger partial charge in [-0.15, -0.1) is 0 Å². The molecule has 1 nitrogen and oxygen atoms in total. The highest BCUT2D eigenvalue weighted by Gasteiger charge is 2.19. The first-order valence-electron chi connectivity index (χ1n) is 4.91. The van der Waals surface area contributed by atoms with Crippen LogP contribution in [0.5, 0.6) is 0 Å². The molecule has 68 valence electrons. The predicted octanol–water partition coefficient (Wildman–Crippen LogP) is 3.12. The largest absolute Gasteiger partial charge is 0.351 e. The molecule has 0 bridgehead atoms. The summed E-state index contributed by atoms with van der Waals surface area (Å²) in [6.07, 6.45) is 5.27. The van der Waals surface area contributed by atoms with Crippen LogP contribution < -0.4 is 5.40 Å². The summed E-state index contributed by atoms with van der Waals surface area (Å²) in [6.45, 7) is 6.80. The van der Waals surface area contributed by atoms with Gasteiger partial charge in [0, 0.05) is 0 Å². The Hall–Kier alpha value is 0.177. The number of nitrogens with two attached hydrogens (primary N) is 1. The minimum Gasteiger partial charge on any atom is -0.351 e. The fourth-order valence-corrected chi connectivity index (χ4v) is 3.86. The van der Waals surface area contributed by atoms with E-state index in [0.717, 1.165) is 0 Å². The summed E-state index contributed by atoms with van der Waals surface area (Å²) in [7, 11) is -1.25. The number of hydrogen-bond acceptors (Lipinski definition) is 1. The second-order valence-electron chi connectivity index (χ2n) is 3.86. The van der Waals surface area contributed by atoms with Gasteiger partial charge in [0.2, 0.25) is 0 Å². The van der Waals surface area contributed by atoms with Crippen molar-refractivity contribution in [2.24, 2.45) is 5.40 Å². The quantitative estimate of drug-likeness (QED) is 0.614. The van der Waals surface area contributed by atoms with Crippen LogP contribution in [0.3, 0.4) is 0 Å². The number of unbranched alkanes of at least 4 members (excludes halogenated alkanes) is 2. The zero-order chi connectivity index (χ0) is 8.74. The molecule has 0 atom stereocenters. The van der Waals surface area contributed by atoms with Crippen LogP contribution in [0.25, 0.3) is 0 Å². The molecule has 0 aliphatic heterocycles. The Morgan fingerprint density at radius 3 is 1.64 bits per heavy atom. The first kappa shape index (κ1) is 11.2. The smallest absolute Gasteiger partial charge is 0.119 e. The minimum absolute atomic E-state index is 1.25. The Kier molecular flexibility index (Phi) is 5.87. The second kappa shape index (κ2) is 5.78. The molecule has 0 aromatic rings. The lowest BCUT2D eigenvalue weighted by Crippen LogP contribution is -2.41. The van der Waals surface area contributed by atoms with Crippen molar-refractivity contribution in [2.75, 3.05) is 0 Å². The minimum atomic E-state index is -1.25. The Labute approximate surface area is 72.5 Å². The van der Waals surface area contributed by atoms with Gasteiger partial charge in [-0.25, -0.2) is 0 Å². The van der Waals surface area contributed by atoms with E-state index in [-0.39, 0.29) is 0 Å². The fourth-order valence-electron chi connectivity index (χ4n) is 1.29. The van der Waals surface area contributed by atoms with Crippen LogP contribution in [0.1, 0.15) is 39.5 Å². The monoisotopic (exact) mass is 173 g/mol. The molecule has 2 N–H and O–H groups in total. The topological polar surface area (TPSA) is 26.0 Å². The van der Waals surface area contributed by atoms with Gasteiger partial charge < -0.3 is 5.40 Å². The van der Waals surface area contributed by atoms with Crippen LogP contribution in [0, 0.1) is 0 Å². The van der Waals surface area contributed by atoms with Crippen molar-refractivity contribution >= 4 is 8.24 Å². The Morgan fingerprint density at radius 1 is 1.00 bits per heavy atom. The van der Waals surface area contributed by atoms with Crippen LogP contribution in [0.4, 0.5) is 0 Å². The molecule has 11 heavy (non-hydrogen) atoms. The maximum atomic E-state index is 6.23. The highest BCUT2D eigenvalue weighted by molar-refractivity contribution is 6.75. The van der Waals surface area contributed by atoms with Crippen molar-refractivity contribution in [3.63, 3.8) is 0 Å². The first-order chi connectivity index (χ1) is 5.12. The molecule has 0 unspecified atom stereocenters. The van der Waals surface area contributed by atoms with Gasteiger partial charge >= 0.3 is 0 Å². The van der Waals surface area contributed by atoms with Crippen molar-refractivity contribution in [1.82, 2.24) is 0 Å². The standard InChI is InChI=1S/C9H23NSi/c1-4-6-8-11(3,10)9-7-5-2/h4-10H2,1-3H3. The van der Waals surface area contributed by atoms with Crippen LogP contribution in [-0.2, 0) is 0 Å². The van der Waals surface area contributed by atoms with Crippen LogP contribution in [-0.4, -0.2) is 8.24 Å². The molecule has 0 aromatic carbocycles. The molecule has 0 heterocycles. The van der Waals surface area contributed by atoms with Crippen molar-refractivity contribution < 1.29 is 0 Å². The van der Waals surface area contributed by atoms with Crippen molar-refractivity contribution in [3.05, 3.63) is 0 Å². The predicted molar refractivity (Wildman–Crippen MR) is 55.2 cm³/mol. The van der Waals surface area contributed by atoms with Crippen molar-refractivity contribution in [1.29, 1.82) is 0 Å². The number of rotatable bonds is 6. The third-order valence-corrected chi connectivity index (χ3v) is 5.19. The Bertz CT molecular complexity index is 81.6. The van der Waals surface area contributed by atoms with Crippen LogP contribution in [0.15, 0.2) is 0 Å². The third kappa shape index (κ3) is 6.57. The lowest BCUT2D eigenvalue weighted by molar-refractivity contribution is 0.826. The van der Waals surface area contributed by atoms with Gasteiger partial charge in [0.1, 0.15) is 8.24 Å². The molecule has 0 amide bonds. The maximum Gasteiger partial charge on any atom is 0.119 e. The number of hydrogen-bond donors (Lipinski definition) is 1. The van der Waals surface area contributed by atoms with E-state index in [1.807, 2.05) is 0 Å². The van der Waals surface area contributed by atoms with E-state index in [1.165, 1.54) is 37.8 Å². The van der Waals surface area contributed by atoms with Crippen LogP contribution >= 0.6 is 0 Å². The molecule has 0 saturated carbocycles. The van der Waals surface area contributed by atoms with Crippen LogP contribution in [0.2, 0.25) is 18.6 Å². The zero-order valence-electron chi connectivity index (χ0n) is 8.32. The van der Waals surface area contributed by atoms with Gasteiger partial charge in [-0.05, 0) is 12.1 Å². The molecule has 0 fully saturated rings. The average Bonchev–Trinajstić information content (AvgIpc) is 1.97. The Morgan fingerprint density at radius 2 is 1.36 bits per heavy atom. The summed E-state index contributed by atoms with van der Waals surface area (Å²) in [5.74, 6) is 0. The van der Waals surface area contributed by atoms with Gasteiger partial charge in [0.05, 0.1) is 0 Å². The lowest BCUT2D eigenvalue weighted by Gasteiger charge is -2.20. The molecular weight excluding hydrogens is 150 g/mol. The average molecular weight is 173 g/mol. The van der Waals surface area contributed by atoms with Gasteiger partial charge in [-0.1, -0.05) is 46.1 Å². The highest BCUT2D eigenvalue weighted by atomic mass is 28.3. The molecule has 0 aliphatic carbocycles. The zero-order valence-corrected chi connectivity index (χ0v) is 9.32. The molecule has 2 heteroatoms. The second-order valence-corrected chi connectivity index (χ2v) is 8.17. The van der Waals surface area contributed by atoms with E-state index < -0.39 is 8.24 Å².